The number of primary amides is 1. The predicted octanol–water partition coefficient (Wildman–Crippen LogP) is 0.263. The van der Waals surface area contributed by atoms with E-state index in [4.69, 9.17) is 10.5 Å². The minimum atomic E-state index is -0.470. The van der Waals surface area contributed by atoms with Gasteiger partial charge in [-0.2, -0.15) is 0 Å². The second-order valence-electron chi connectivity index (χ2n) is 3.15. The third-order valence-corrected chi connectivity index (χ3v) is 2.04. The monoisotopic (exact) mass is 209 g/mol. The Hall–Kier alpha value is -1.62. The van der Waals surface area contributed by atoms with Crippen LogP contribution in [0.2, 0.25) is 0 Å². The molecule has 0 radical (unpaired) electrons. The third kappa shape index (κ3) is 2.92. The molecule has 1 rings (SSSR count). The Morgan fingerprint density at radius 3 is 3.00 bits per heavy atom. The van der Waals surface area contributed by atoms with Gasteiger partial charge in [0.2, 0.25) is 0 Å². The molecule has 2 N–H and O–H groups in total. The largest absolute Gasteiger partial charge is 0.383 e. The van der Waals surface area contributed by atoms with Gasteiger partial charge in [0.05, 0.1) is 12.2 Å². The van der Waals surface area contributed by atoms with Gasteiger partial charge in [0.1, 0.15) is 5.82 Å². The maximum atomic E-state index is 11.1. The van der Waals surface area contributed by atoms with E-state index in [0.717, 1.165) is 0 Å². The van der Waals surface area contributed by atoms with E-state index in [1.54, 1.807) is 25.4 Å². The first-order valence-electron chi connectivity index (χ1n) is 4.61. The van der Waals surface area contributed by atoms with E-state index in [9.17, 15) is 4.79 Å². The Morgan fingerprint density at radius 1 is 1.67 bits per heavy atom. The quantitative estimate of drug-likeness (QED) is 0.755. The van der Waals surface area contributed by atoms with Gasteiger partial charge in [0.25, 0.3) is 5.91 Å². The molecule has 0 atom stereocenters. The Kier molecular flexibility index (Phi) is 4.05. The SMILES string of the molecule is COCCN(C)c1ncccc1C(N)=O. The van der Waals surface area contributed by atoms with Crippen LogP contribution in [0.15, 0.2) is 18.3 Å². The minimum Gasteiger partial charge on any atom is -0.383 e. The number of aromatic nitrogens is 1. The van der Waals surface area contributed by atoms with Crippen molar-refractivity contribution < 1.29 is 9.53 Å². The van der Waals surface area contributed by atoms with Gasteiger partial charge >= 0.3 is 0 Å². The fourth-order valence-electron chi connectivity index (χ4n) is 1.23. The molecule has 1 heterocycles. The van der Waals surface area contributed by atoms with Crippen LogP contribution in [0.1, 0.15) is 10.4 Å². The summed E-state index contributed by atoms with van der Waals surface area (Å²) in [5, 5.41) is 0. The zero-order valence-corrected chi connectivity index (χ0v) is 8.93. The first-order valence-corrected chi connectivity index (χ1v) is 4.61. The van der Waals surface area contributed by atoms with E-state index in [1.165, 1.54) is 0 Å². The lowest BCUT2D eigenvalue weighted by Crippen LogP contribution is -2.26. The van der Waals surface area contributed by atoms with E-state index >= 15 is 0 Å². The highest BCUT2D eigenvalue weighted by Gasteiger charge is 2.11. The van der Waals surface area contributed by atoms with Crippen molar-refractivity contribution in [2.24, 2.45) is 5.73 Å². The molecule has 0 unspecified atom stereocenters. The molecule has 0 fully saturated rings. The molecule has 5 nitrogen and oxygen atoms in total. The van der Waals surface area contributed by atoms with Gasteiger partial charge in [-0.3, -0.25) is 4.79 Å². The average molecular weight is 209 g/mol. The summed E-state index contributed by atoms with van der Waals surface area (Å²) in [6.45, 7) is 1.24. The first kappa shape index (κ1) is 11.5. The number of nitrogens with zero attached hydrogens (tertiary/aromatic N) is 2. The second-order valence-corrected chi connectivity index (χ2v) is 3.15. The topological polar surface area (TPSA) is 68.4 Å². The molecule has 1 aromatic heterocycles. The molecule has 1 amide bonds. The summed E-state index contributed by atoms with van der Waals surface area (Å²) in [5.74, 6) is 0.115. The molecule has 0 aliphatic rings. The Morgan fingerprint density at radius 2 is 2.40 bits per heavy atom. The van der Waals surface area contributed by atoms with Crippen molar-refractivity contribution in [2.45, 2.75) is 0 Å². The van der Waals surface area contributed by atoms with Crippen LogP contribution in [0.5, 0.6) is 0 Å². The van der Waals surface area contributed by atoms with E-state index in [2.05, 4.69) is 4.98 Å². The van der Waals surface area contributed by atoms with E-state index in [1.807, 2.05) is 11.9 Å². The molecule has 5 heteroatoms. The minimum absolute atomic E-state index is 0.427. The number of methoxy groups -OCH3 is 1. The number of anilines is 1. The van der Waals surface area contributed by atoms with Gasteiger partial charge in [-0.1, -0.05) is 0 Å². The van der Waals surface area contributed by atoms with Crippen molar-refractivity contribution in [3.8, 4) is 0 Å². The number of hydrogen-bond donors (Lipinski definition) is 1. The van der Waals surface area contributed by atoms with Crippen LogP contribution in [0.25, 0.3) is 0 Å². The number of nitrogens with two attached hydrogens (primary N) is 1. The van der Waals surface area contributed by atoms with Crippen LogP contribution >= 0.6 is 0 Å². The number of rotatable bonds is 5. The average Bonchev–Trinajstić information content (AvgIpc) is 2.25. The van der Waals surface area contributed by atoms with Gasteiger partial charge in [-0.15, -0.1) is 0 Å². The number of hydrogen-bond acceptors (Lipinski definition) is 4. The molecule has 0 aliphatic carbocycles. The first-order chi connectivity index (χ1) is 7.16. The standard InChI is InChI=1S/C10H15N3O2/c1-13(6-7-15-2)10-8(9(11)14)4-3-5-12-10/h3-5H,6-7H2,1-2H3,(H2,11,14). The number of ether oxygens (including phenoxy) is 1. The van der Waals surface area contributed by atoms with E-state index in [-0.39, 0.29) is 0 Å². The normalized spacial score (nSPS) is 10.0. The van der Waals surface area contributed by atoms with E-state index in [0.29, 0.717) is 24.5 Å². The smallest absolute Gasteiger partial charge is 0.252 e. The molecule has 82 valence electrons. The zero-order chi connectivity index (χ0) is 11.3. The number of carbonyl (C=O) groups is 1. The van der Waals surface area contributed by atoms with Crippen LogP contribution in [-0.4, -0.2) is 38.2 Å². The molecular weight excluding hydrogens is 194 g/mol. The zero-order valence-electron chi connectivity index (χ0n) is 8.93. The van der Waals surface area contributed by atoms with Gasteiger partial charge in [0.15, 0.2) is 0 Å². The predicted molar refractivity (Wildman–Crippen MR) is 57.9 cm³/mol. The van der Waals surface area contributed by atoms with Crippen LogP contribution in [0, 0.1) is 0 Å². The maximum Gasteiger partial charge on any atom is 0.252 e. The molecule has 0 saturated heterocycles. The van der Waals surface area contributed by atoms with Crippen molar-refractivity contribution >= 4 is 11.7 Å². The van der Waals surface area contributed by atoms with Crippen molar-refractivity contribution in [3.63, 3.8) is 0 Å². The summed E-state index contributed by atoms with van der Waals surface area (Å²) in [7, 11) is 3.47. The van der Waals surface area contributed by atoms with Crippen molar-refractivity contribution in [1.29, 1.82) is 0 Å². The van der Waals surface area contributed by atoms with Crippen LogP contribution in [0.4, 0.5) is 5.82 Å². The summed E-state index contributed by atoms with van der Waals surface area (Å²) < 4.78 is 4.95. The summed E-state index contributed by atoms with van der Waals surface area (Å²) in [5.41, 5.74) is 5.67. The van der Waals surface area contributed by atoms with Crippen molar-refractivity contribution in [3.05, 3.63) is 23.9 Å². The molecule has 15 heavy (non-hydrogen) atoms. The van der Waals surface area contributed by atoms with Crippen LogP contribution in [0.3, 0.4) is 0 Å². The Labute approximate surface area is 88.9 Å². The summed E-state index contributed by atoms with van der Waals surface area (Å²) in [4.78, 5) is 17.1. The molecule has 1 aromatic rings. The van der Waals surface area contributed by atoms with Crippen LogP contribution in [-0.2, 0) is 4.74 Å². The molecule has 0 saturated carbocycles. The number of likely N-dealkylation sites (N-methyl/N-ethyl adjacent to an activating group) is 1. The lowest BCUT2D eigenvalue weighted by molar-refractivity contribution is 0.100. The Balaban J connectivity index is 2.87. The summed E-state index contributed by atoms with van der Waals surface area (Å²) >= 11 is 0. The maximum absolute atomic E-state index is 11.1. The highest BCUT2D eigenvalue weighted by molar-refractivity contribution is 5.97. The summed E-state index contributed by atoms with van der Waals surface area (Å²) in [6.07, 6.45) is 1.63. The number of amides is 1. The molecular formula is C10H15N3O2. The third-order valence-electron chi connectivity index (χ3n) is 2.04. The van der Waals surface area contributed by atoms with E-state index < -0.39 is 5.91 Å². The second kappa shape index (κ2) is 5.31. The highest BCUT2D eigenvalue weighted by Crippen LogP contribution is 2.14. The molecule has 0 aromatic carbocycles. The van der Waals surface area contributed by atoms with Gasteiger partial charge in [0, 0.05) is 26.9 Å². The number of carbonyl (C=O) groups excluding carboxylic acids is 1. The van der Waals surface area contributed by atoms with Gasteiger partial charge < -0.3 is 15.4 Å². The fraction of sp³-hybridized carbons (Fsp3) is 0.400. The van der Waals surface area contributed by atoms with Gasteiger partial charge in [-0.25, -0.2) is 4.98 Å². The molecule has 0 aliphatic heterocycles. The lowest BCUT2D eigenvalue weighted by Gasteiger charge is -2.19. The van der Waals surface area contributed by atoms with Crippen LogP contribution < -0.4 is 10.6 Å². The van der Waals surface area contributed by atoms with Crippen molar-refractivity contribution in [2.75, 3.05) is 32.2 Å². The highest BCUT2D eigenvalue weighted by atomic mass is 16.5. The molecule has 0 bridgehead atoms. The molecule has 0 spiro atoms. The van der Waals surface area contributed by atoms with Crippen molar-refractivity contribution in [1.82, 2.24) is 4.98 Å². The van der Waals surface area contributed by atoms with Gasteiger partial charge in [-0.05, 0) is 12.1 Å². The Bertz CT molecular complexity index is 341. The summed E-state index contributed by atoms with van der Waals surface area (Å²) in [6, 6.07) is 3.35. The number of pyridine rings is 1. The lowest BCUT2D eigenvalue weighted by atomic mass is 10.2. The fourth-order valence-corrected chi connectivity index (χ4v) is 1.23.